The van der Waals surface area contributed by atoms with E-state index in [1.165, 1.54) is 4.88 Å². The lowest BCUT2D eigenvalue weighted by Gasteiger charge is -2.06. The van der Waals surface area contributed by atoms with Crippen molar-refractivity contribution >= 4 is 27.5 Å². The summed E-state index contributed by atoms with van der Waals surface area (Å²) in [6.07, 6.45) is 6.23. The summed E-state index contributed by atoms with van der Waals surface area (Å²) in [5, 5.41) is 4.09. The molecule has 0 atom stereocenters. The molecule has 0 bridgehead atoms. The standard InChI is InChI=1S/C13H15N3OS/c1-4-6-14-13-15-11(17-7-5-2)10-8-9(3)18-12(10)16-13/h2,8H,4,6-7H2,1,3H3,(H,14,15,16). The number of nitrogens with zero attached hydrogens (tertiary/aromatic N) is 2. The van der Waals surface area contributed by atoms with Gasteiger partial charge in [-0.2, -0.15) is 4.98 Å². The van der Waals surface area contributed by atoms with E-state index in [0.29, 0.717) is 11.8 Å². The molecular formula is C13H15N3OS. The van der Waals surface area contributed by atoms with Gasteiger partial charge in [-0.1, -0.05) is 12.8 Å². The summed E-state index contributed by atoms with van der Waals surface area (Å²) in [4.78, 5) is 10.9. The van der Waals surface area contributed by atoms with Crippen molar-refractivity contribution in [2.75, 3.05) is 18.5 Å². The van der Waals surface area contributed by atoms with Gasteiger partial charge < -0.3 is 10.1 Å². The van der Waals surface area contributed by atoms with Crippen molar-refractivity contribution in [1.82, 2.24) is 9.97 Å². The number of thiophene rings is 1. The van der Waals surface area contributed by atoms with Crippen LogP contribution in [0.2, 0.25) is 0 Å². The van der Waals surface area contributed by atoms with Gasteiger partial charge in [0.1, 0.15) is 4.83 Å². The molecule has 0 spiro atoms. The second kappa shape index (κ2) is 5.69. The van der Waals surface area contributed by atoms with Crippen molar-refractivity contribution in [3.8, 4) is 18.2 Å². The molecule has 2 aromatic heterocycles. The molecule has 0 saturated carbocycles. The maximum absolute atomic E-state index is 5.48. The summed E-state index contributed by atoms with van der Waals surface area (Å²) in [6.45, 7) is 5.19. The van der Waals surface area contributed by atoms with Crippen LogP contribution in [0.15, 0.2) is 6.07 Å². The van der Waals surface area contributed by atoms with E-state index in [0.717, 1.165) is 23.2 Å². The predicted octanol–water partition coefficient (Wildman–Crippen LogP) is 2.83. The predicted molar refractivity (Wildman–Crippen MR) is 75.3 cm³/mol. The minimum absolute atomic E-state index is 0.216. The molecule has 0 aliphatic carbocycles. The number of rotatable bonds is 5. The highest BCUT2D eigenvalue weighted by atomic mass is 32.1. The van der Waals surface area contributed by atoms with Crippen LogP contribution in [0, 0.1) is 19.3 Å². The normalized spacial score (nSPS) is 10.3. The molecule has 94 valence electrons. The van der Waals surface area contributed by atoms with Crippen LogP contribution in [0.25, 0.3) is 10.2 Å². The Morgan fingerprint density at radius 2 is 2.33 bits per heavy atom. The molecule has 4 nitrogen and oxygen atoms in total. The van der Waals surface area contributed by atoms with Crippen LogP contribution in [-0.4, -0.2) is 23.1 Å². The zero-order valence-electron chi connectivity index (χ0n) is 10.5. The van der Waals surface area contributed by atoms with E-state index in [4.69, 9.17) is 11.2 Å². The van der Waals surface area contributed by atoms with E-state index in [1.54, 1.807) is 11.3 Å². The van der Waals surface area contributed by atoms with Crippen LogP contribution in [-0.2, 0) is 0 Å². The van der Waals surface area contributed by atoms with Gasteiger partial charge in [-0.3, -0.25) is 0 Å². The molecule has 0 radical (unpaired) electrons. The summed E-state index contributed by atoms with van der Waals surface area (Å²) >= 11 is 1.62. The third kappa shape index (κ3) is 2.71. The molecule has 18 heavy (non-hydrogen) atoms. The summed E-state index contributed by atoms with van der Waals surface area (Å²) in [6, 6.07) is 2.02. The lowest BCUT2D eigenvalue weighted by molar-refractivity contribution is 0.360. The van der Waals surface area contributed by atoms with E-state index in [1.807, 2.05) is 13.0 Å². The number of nitrogens with one attached hydrogen (secondary N) is 1. The van der Waals surface area contributed by atoms with Gasteiger partial charge in [-0.05, 0) is 19.4 Å². The average Bonchev–Trinajstić information content (AvgIpc) is 2.73. The van der Waals surface area contributed by atoms with Crippen LogP contribution >= 0.6 is 11.3 Å². The van der Waals surface area contributed by atoms with Crippen molar-refractivity contribution in [3.63, 3.8) is 0 Å². The SMILES string of the molecule is C#CCOc1nc(NCCC)nc2sc(C)cc12. The van der Waals surface area contributed by atoms with E-state index < -0.39 is 0 Å². The van der Waals surface area contributed by atoms with Crippen molar-refractivity contribution in [2.45, 2.75) is 20.3 Å². The minimum Gasteiger partial charge on any atom is -0.464 e. The molecule has 0 aliphatic rings. The first-order chi connectivity index (χ1) is 8.74. The molecule has 5 heteroatoms. The molecule has 1 N–H and O–H groups in total. The maximum Gasteiger partial charge on any atom is 0.228 e. The van der Waals surface area contributed by atoms with Gasteiger partial charge >= 0.3 is 0 Å². The number of hydrogen-bond acceptors (Lipinski definition) is 5. The molecule has 2 aromatic rings. The summed E-state index contributed by atoms with van der Waals surface area (Å²) < 4.78 is 5.48. The number of aryl methyl sites for hydroxylation is 1. The highest BCUT2D eigenvalue weighted by Crippen LogP contribution is 2.30. The lowest BCUT2D eigenvalue weighted by atomic mass is 10.3. The van der Waals surface area contributed by atoms with Gasteiger partial charge in [0.15, 0.2) is 6.61 Å². The Morgan fingerprint density at radius 3 is 3.06 bits per heavy atom. The van der Waals surface area contributed by atoms with Crippen LogP contribution in [0.5, 0.6) is 5.88 Å². The van der Waals surface area contributed by atoms with Gasteiger partial charge in [-0.15, -0.1) is 17.8 Å². The van der Waals surface area contributed by atoms with Crippen LogP contribution in [0.1, 0.15) is 18.2 Å². The van der Waals surface area contributed by atoms with Crippen molar-refractivity contribution < 1.29 is 4.74 Å². The van der Waals surface area contributed by atoms with Gasteiger partial charge in [-0.25, -0.2) is 4.98 Å². The first-order valence-corrected chi connectivity index (χ1v) is 6.64. The minimum atomic E-state index is 0.216. The Kier molecular flexibility index (Phi) is 4.00. The third-order valence-electron chi connectivity index (χ3n) is 2.31. The molecule has 0 amide bonds. The van der Waals surface area contributed by atoms with Gasteiger partial charge in [0.05, 0.1) is 5.39 Å². The van der Waals surface area contributed by atoms with Crippen molar-refractivity contribution in [2.24, 2.45) is 0 Å². The first kappa shape index (κ1) is 12.7. The molecule has 0 aliphatic heterocycles. The maximum atomic E-state index is 5.48. The summed E-state index contributed by atoms with van der Waals surface area (Å²) in [5.41, 5.74) is 0. The third-order valence-corrected chi connectivity index (χ3v) is 3.25. The Labute approximate surface area is 110 Å². The molecule has 0 aromatic carbocycles. The Morgan fingerprint density at radius 1 is 1.50 bits per heavy atom. The van der Waals surface area contributed by atoms with E-state index >= 15 is 0 Å². The number of aromatic nitrogens is 2. The second-order valence-corrected chi connectivity index (χ2v) is 5.08. The van der Waals surface area contributed by atoms with Crippen LogP contribution < -0.4 is 10.1 Å². The lowest BCUT2D eigenvalue weighted by Crippen LogP contribution is -2.06. The molecule has 2 heterocycles. The number of terminal acetylenes is 1. The molecule has 0 saturated heterocycles. The van der Waals surface area contributed by atoms with Gasteiger partial charge in [0.2, 0.25) is 11.8 Å². The molecule has 0 fully saturated rings. The van der Waals surface area contributed by atoms with Crippen molar-refractivity contribution in [1.29, 1.82) is 0 Å². The Bertz CT molecular complexity index is 586. The Balaban J connectivity index is 2.40. The summed E-state index contributed by atoms with van der Waals surface area (Å²) in [5.74, 6) is 3.60. The highest BCUT2D eigenvalue weighted by molar-refractivity contribution is 7.18. The average molecular weight is 261 g/mol. The molecule has 0 unspecified atom stereocenters. The van der Waals surface area contributed by atoms with E-state index in [-0.39, 0.29) is 6.61 Å². The topological polar surface area (TPSA) is 47.0 Å². The van der Waals surface area contributed by atoms with Crippen molar-refractivity contribution in [3.05, 3.63) is 10.9 Å². The fraction of sp³-hybridized carbons (Fsp3) is 0.385. The first-order valence-electron chi connectivity index (χ1n) is 5.83. The zero-order chi connectivity index (χ0) is 13.0. The largest absolute Gasteiger partial charge is 0.464 e. The van der Waals surface area contributed by atoms with E-state index in [2.05, 4.69) is 28.1 Å². The Hall–Kier alpha value is -1.80. The summed E-state index contributed by atoms with van der Waals surface area (Å²) in [7, 11) is 0. The number of fused-ring (bicyclic) bond motifs is 1. The van der Waals surface area contributed by atoms with Gasteiger partial charge in [0.25, 0.3) is 0 Å². The quantitative estimate of drug-likeness (QED) is 0.841. The fourth-order valence-electron chi connectivity index (χ4n) is 1.55. The van der Waals surface area contributed by atoms with Crippen LogP contribution in [0.3, 0.4) is 0 Å². The number of anilines is 1. The fourth-order valence-corrected chi connectivity index (χ4v) is 2.42. The number of hydrogen-bond donors (Lipinski definition) is 1. The molecular weight excluding hydrogens is 246 g/mol. The highest BCUT2D eigenvalue weighted by Gasteiger charge is 2.11. The number of ether oxygens (including phenoxy) is 1. The zero-order valence-corrected chi connectivity index (χ0v) is 11.3. The van der Waals surface area contributed by atoms with E-state index in [9.17, 15) is 0 Å². The second-order valence-electron chi connectivity index (χ2n) is 3.85. The molecule has 2 rings (SSSR count). The monoisotopic (exact) mass is 261 g/mol. The van der Waals surface area contributed by atoms with Crippen LogP contribution in [0.4, 0.5) is 5.95 Å². The van der Waals surface area contributed by atoms with Gasteiger partial charge in [0, 0.05) is 11.4 Å². The smallest absolute Gasteiger partial charge is 0.228 e.